The molecule has 7 heavy (non-hydrogen) atoms. The van der Waals surface area contributed by atoms with E-state index < -0.39 is 0 Å². The molecule has 0 atom stereocenters. The van der Waals surface area contributed by atoms with Gasteiger partial charge in [0.25, 0.3) is 0 Å². The molecule has 0 aliphatic rings. The lowest BCUT2D eigenvalue weighted by Crippen LogP contribution is -1.97. The first-order valence-corrected chi connectivity index (χ1v) is 2.17. The number of esters is 1. The molecule has 0 rings (SSSR count). The van der Waals surface area contributed by atoms with E-state index in [1.54, 1.807) is 0 Å². The number of carbonyl (C=O) groups excluding carboxylic acids is 1. The average molecular weight is 101 g/mol. The smallest absolute Gasteiger partial charge is 0.309 e. The summed E-state index contributed by atoms with van der Waals surface area (Å²) >= 11 is 0. The highest BCUT2D eigenvalue weighted by Gasteiger charge is 1.96. The summed E-state index contributed by atoms with van der Waals surface area (Å²) in [5.74, 6) is -0.185. The van der Waals surface area contributed by atoms with Crippen molar-refractivity contribution in [1.82, 2.24) is 0 Å². The third-order valence-electron chi connectivity index (χ3n) is 0.609. The van der Waals surface area contributed by atoms with Crippen molar-refractivity contribution in [2.24, 2.45) is 0 Å². The van der Waals surface area contributed by atoms with Gasteiger partial charge in [-0.15, -0.1) is 0 Å². The van der Waals surface area contributed by atoms with Crippen LogP contribution in [0, 0.1) is 6.92 Å². The highest BCUT2D eigenvalue weighted by Crippen LogP contribution is 1.86. The van der Waals surface area contributed by atoms with Crippen LogP contribution in [0.15, 0.2) is 0 Å². The Labute approximate surface area is 43.5 Å². The Balaban J connectivity index is 3.00. The lowest BCUT2D eigenvalue weighted by molar-refractivity contribution is -0.140. The zero-order chi connectivity index (χ0) is 5.70. The lowest BCUT2D eigenvalue weighted by atomic mass is 10.3. The van der Waals surface area contributed by atoms with E-state index in [-0.39, 0.29) is 5.97 Å². The number of hydrogen-bond acceptors (Lipinski definition) is 2. The van der Waals surface area contributed by atoms with E-state index in [1.165, 1.54) is 7.11 Å². The first kappa shape index (κ1) is 6.34. The van der Waals surface area contributed by atoms with Crippen LogP contribution in [-0.4, -0.2) is 13.1 Å². The summed E-state index contributed by atoms with van der Waals surface area (Å²) in [5.41, 5.74) is 0. The van der Waals surface area contributed by atoms with Gasteiger partial charge in [0, 0.05) is 0 Å². The zero-order valence-electron chi connectivity index (χ0n) is 4.44. The van der Waals surface area contributed by atoms with Gasteiger partial charge >= 0.3 is 5.97 Å². The molecular formula is C5H9O2+. The fraction of sp³-hybridized carbons (Fsp3) is 0.600. The fourth-order valence-corrected chi connectivity index (χ4v) is 0.246. The summed E-state index contributed by atoms with van der Waals surface area (Å²) in [6.45, 7) is 3.47. The normalized spacial score (nSPS) is 8.14. The first-order valence-electron chi connectivity index (χ1n) is 2.17. The van der Waals surface area contributed by atoms with Gasteiger partial charge in [0.1, 0.15) is 0 Å². The van der Waals surface area contributed by atoms with Crippen molar-refractivity contribution in [1.29, 1.82) is 0 Å². The summed E-state index contributed by atoms with van der Waals surface area (Å²) in [4.78, 5) is 10.1. The predicted molar refractivity (Wildman–Crippen MR) is 26.6 cm³/mol. The van der Waals surface area contributed by atoms with Crippen molar-refractivity contribution in [2.75, 3.05) is 7.11 Å². The van der Waals surface area contributed by atoms with Crippen LogP contribution in [0.2, 0.25) is 0 Å². The maximum atomic E-state index is 10.1. The molecule has 0 aliphatic carbocycles. The minimum absolute atomic E-state index is 0.185. The van der Waals surface area contributed by atoms with Crippen LogP contribution in [0.5, 0.6) is 0 Å². The molecule has 0 aromatic carbocycles. The van der Waals surface area contributed by atoms with E-state index in [0.29, 0.717) is 12.8 Å². The van der Waals surface area contributed by atoms with Gasteiger partial charge in [0.2, 0.25) is 0 Å². The van der Waals surface area contributed by atoms with Crippen molar-refractivity contribution in [3.8, 4) is 0 Å². The number of hydrogen-bond donors (Lipinski definition) is 0. The molecule has 0 bridgehead atoms. The minimum atomic E-state index is -0.185. The number of rotatable bonds is 2. The lowest BCUT2D eigenvalue weighted by Gasteiger charge is -1.88. The van der Waals surface area contributed by atoms with E-state index in [9.17, 15) is 4.79 Å². The summed E-state index contributed by atoms with van der Waals surface area (Å²) in [6, 6.07) is 0. The molecule has 0 amide bonds. The highest BCUT2D eigenvalue weighted by molar-refractivity contribution is 5.69. The van der Waals surface area contributed by atoms with Crippen LogP contribution >= 0.6 is 0 Å². The van der Waals surface area contributed by atoms with Crippen molar-refractivity contribution in [3.05, 3.63) is 6.92 Å². The number of ether oxygens (including phenoxy) is 1. The molecule has 0 aromatic rings. The first-order chi connectivity index (χ1) is 3.31. The molecule has 0 spiro atoms. The third kappa shape index (κ3) is 3.16. The van der Waals surface area contributed by atoms with Crippen LogP contribution in [0.4, 0.5) is 0 Å². The van der Waals surface area contributed by atoms with Crippen molar-refractivity contribution in [3.63, 3.8) is 0 Å². The van der Waals surface area contributed by atoms with Crippen molar-refractivity contribution >= 4 is 5.97 Å². The van der Waals surface area contributed by atoms with Crippen LogP contribution in [0.1, 0.15) is 12.8 Å². The summed E-state index contributed by atoms with van der Waals surface area (Å²) < 4.78 is 4.31. The molecule has 0 heterocycles. The predicted octanol–water partition coefficient (Wildman–Crippen LogP) is 0.774. The van der Waals surface area contributed by atoms with E-state index in [2.05, 4.69) is 11.7 Å². The minimum Gasteiger partial charge on any atom is -0.469 e. The van der Waals surface area contributed by atoms with Crippen LogP contribution in [0.25, 0.3) is 0 Å². The summed E-state index contributed by atoms with van der Waals surface area (Å²) in [6.07, 6.45) is 1.04. The second kappa shape index (κ2) is 3.53. The van der Waals surface area contributed by atoms with Crippen LogP contribution < -0.4 is 0 Å². The highest BCUT2D eigenvalue weighted by atomic mass is 16.5. The van der Waals surface area contributed by atoms with Gasteiger partial charge < -0.3 is 4.74 Å². The fourth-order valence-electron chi connectivity index (χ4n) is 0.246. The van der Waals surface area contributed by atoms with E-state index >= 15 is 0 Å². The van der Waals surface area contributed by atoms with Gasteiger partial charge in [0.15, 0.2) is 0 Å². The molecule has 0 fully saturated rings. The Hall–Kier alpha value is -0.660. The van der Waals surface area contributed by atoms with Crippen LogP contribution in [-0.2, 0) is 9.53 Å². The van der Waals surface area contributed by atoms with E-state index in [0.717, 1.165) is 0 Å². The SMILES string of the molecule is [CH2+]CCC(=O)OC. The third-order valence-corrected chi connectivity index (χ3v) is 0.609. The Morgan fingerprint density at radius 2 is 2.43 bits per heavy atom. The molecule has 2 heteroatoms. The van der Waals surface area contributed by atoms with Gasteiger partial charge in [-0.2, -0.15) is 0 Å². The van der Waals surface area contributed by atoms with Gasteiger partial charge in [-0.1, -0.05) is 0 Å². The van der Waals surface area contributed by atoms with Crippen molar-refractivity contribution in [2.45, 2.75) is 12.8 Å². The number of methoxy groups -OCH3 is 1. The largest absolute Gasteiger partial charge is 0.469 e. The molecule has 40 valence electrons. The topological polar surface area (TPSA) is 26.3 Å². The Bertz CT molecular complexity index is 59.1. The quantitative estimate of drug-likeness (QED) is 0.379. The maximum absolute atomic E-state index is 10.1. The molecule has 0 aliphatic heterocycles. The van der Waals surface area contributed by atoms with Crippen molar-refractivity contribution < 1.29 is 9.53 Å². The molecule has 0 radical (unpaired) electrons. The Morgan fingerprint density at radius 3 is 2.57 bits per heavy atom. The molecular weight excluding hydrogens is 92.1 g/mol. The average Bonchev–Trinajstić information content (AvgIpc) is 1.68. The molecule has 0 unspecified atom stereocenters. The molecule has 0 N–H and O–H groups in total. The summed E-state index contributed by atoms with van der Waals surface area (Å²) in [7, 11) is 1.37. The monoisotopic (exact) mass is 101 g/mol. The molecule has 0 saturated heterocycles. The van der Waals surface area contributed by atoms with Gasteiger partial charge in [-0.3, -0.25) is 4.79 Å². The standard InChI is InChI=1S/C5H9O2/c1-3-4-5(6)7-2/h1,3-4H2,2H3/q+1. The van der Waals surface area contributed by atoms with E-state index in [1.807, 2.05) is 0 Å². The second-order valence-corrected chi connectivity index (χ2v) is 1.18. The molecule has 0 saturated carbocycles. The van der Waals surface area contributed by atoms with Gasteiger partial charge in [-0.25, -0.2) is 0 Å². The van der Waals surface area contributed by atoms with Crippen LogP contribution in [0.3, 0.4) is 0 Å². The molecule has 0 aromatic heterocycles. The Morgan fingerprint density at radius 1 is 1.86 bits per heavy atom. The number of carbonyl (C=O) groups is 1. The Kier molecular flexibility index (Phi) is 3.19. The van der Waals surface area contributed by atoms with Gasteiger partial charge in [0.05, 0.1) is 26.9 Å². The van der Waals surface area contributed by atoms with Gasteiger partial charge in [-0.05, 0) is 0 Å². The van der Waals surface area contributed by atoms with E-state index in [4.69, 9.17) is 0 Å². The maximum Gasteiger partial charge on any atom is 0.309 e. The molecule has 2 nitrogen and oxygen atoms in total. The summed E-state index contributed by atoms with van der Waals surface area (Å²) in [5, 5.41) is 0. The zero-order valence-corrected chi connectivity index (χ0v) is 4.44. The second-order valence-electron chi connectivity index (χ2n) is 1.18.